The predicted molar refractivity (Wildman–Crippen MR) is 99.8 cm³/mol. The van der Waals surface area contributed by atoms with Gasteiger partial charge in [0.25, 0.3) is 0 Å². The van der Waals surface area contributed by atoms with Gasteiger partial charge in [0.05, 0.1) is 12.1 Å². The van der Waals surface area contributed by atoms with Crippen molar-refractivity contribution in [2.24, 2.45) is 11.8 Å². The zero-order valence-electron chi connectivity index (χ0n) is 15.0. The smallest absolute Gasteiger partial charge is 0.226 e. The van der Waals surface area contributed by atoms with E-state index in [4.69, 9.17) is 6.42 Å². The van der Waals surface area contributed by atoms with Crippen LogP contribution in [-0.4, -0.2) is 41.9 Å². The molecule has 2 heterocycles. The number of carbonyl (C=O) groups is 1. The number of likely N-dealkylation sites (tertiary alicyclic amines) is 2. The molecule has 1 aliphatic carbocycles. The molecule has 1 saturated carbocycles. The molecule has 3 nitrogen and oxygen atoms in total. The summed E-state index contributed by atoms with van der Waals surface area (Å²) in [7, 11) is 0. The number of amides is 1. The van der Waals surface area contributed by atoms with Gasteiger partial charge in [-0.3, -0.25) is 9.69 Å². The Labute approximate surface area is 151 Å². The van der Waals surface area contributed by atoms with E-state index < -0.39 is 0 Å². The van der Waals surface area contributed by atoms with Gasteiger partial charge in [0.1, 0.15) is 0 Å². The Bertz CT molecular complexity index is 656. The number of benzene rings is 1. The highest BCUT2D eigenvalue weighted by Crippen LogP contribution is 2.54. The third-order valence-electron chi connectivity index (χ3n) is 6.71. The molecule has 2 saturated heterocycles. The molecule has 0 bridgehead atoms. The zero-order chi connectivity index (χ0) is 17.3. The Hall–Kier alpha value is -1.79. The third kappa shape index (κ3) is 2.77. The van der Waals surface area contributed by atoms with Crippen molar-refractivity contribution in [2.75, 3.05) is 26.2 Å². The van der Waals surface area contributed by atoms with Crippen molar-refractivity contribution in [3.05, 3.63) is 35.9 Å². The van der Waals surface area contributed by atoms with Crippen LogP contribution < -0.4 is 0 Å². The van der Waals surface area contributed by atoms with E-state index in [1.807, 2.05) is 0 Å². The summed E-state index contributed by atoms with van der Waals surface area (Å²) in [6.45, 7) is 3.57. The van der Waals surface area contributed by atoms with Crippen LogP contribution in [0.5, 0.6) is 0 Å². The van der Waals surface area contributed by atoms with Crippen molar-refractivity contribution in [3.8, 4) is 12.3 Å². The summed E-state index contributed by atoms with van der Waals surface area (Å²) in [6.07, 6.45) is 12.3. The van der Waals surface area contributed by atoms with Crippen molar-refractivity contribution >= 4 is 5.91 Å². The monoisotopic (exact) mass is 336 g/mol. The number of hydrogen-bond acceptors (Lipinski definition) is 2. The molecule has 1 aromatic carbocycles. The van der Waals surface area contributed by atoms with Gasteiger partial charge < -0.3 is 4.90 Å². The van der Waals surface area contributed by atoms with E-state index in [1.54, 1.807) is 0 Å². The quantitative estimate of drug-likeness (QED) is 0.791. The highest BCUT2D eigenvalue weighted by atomic mass is 16.2. The van der Waals surface area contributed by atoms with Crippen molar-refractivity contribution in [1.82, 2.24) is 9.80 Å². The number of terminal acetylenes is 1. The Balaban J connectivity index is 1.52. The van der Waals surface area contributed by atoms with E-state index in [9.17, 15) is 4.79 Å². The summed E-state index contributed by atoms with van der Waals surface area (Å²) in [5, 5.41) is 0. The number of nitrogens with zero attached hydrogens (tertiary/aromatic N) is 2. The minimum Gasteiger partial charge on any atom is -0.332 e. The van der Waals surface area contributed by atoms with Gasteiger partial charge in [-0.25, -0.2) is 0 Å². The molecule has 2 unspecified atom stereocenters. The molecule has 1 amide bonds. The molecule has 1 aromatic rings. The Morgan fingerprint density at radius 3 is 2.60 bits per heavy atom. The molecular formula is C22H28N2O. The van der Waals surface area contributed by atoms with Gasteiger partial charge in [-0.2, -0.15) is 0 Å². The van der Waals surface area contributed by atoms with E-state index in [-0.39, 0.29) is 11.5 Å². The lowest BCUT2D eigenvalue weighted by Gasteiger charge is -2.62. The number of rotatable bonds is 3. The minimum atomic E-state index is -0.0213. The largest absolute Gasteiger partial charge is 0.332 e. The first kappa shape index (κ1) is 16.7. The molecule has 3 heteroatoms. The van der Waals surface area contributed by atoms with Crippen LogP contribution >= 0.6 is 0 Å². The number of piperidine rings is 1. The van der Waals surface area contributed by atoms with Gasteiger partial charge in [0.2, 0.25) is 5.91 Å². The number of carbonyl (C=O) groups excluding carboxylic acids is 1. The second kappa shape index (κ2) is 6.84. The highest BCUT2D eigenvalue weighted by molar-refractivity contribution is 5.81. The van der Waals surface area contributed by atoms with E-state index in [1.165, 1.54) is 24.8 Å². The Kier molecular flexibility index (Phi) is 4.56. The average Bonchev–Trinajstić information content (AvgIpc) is 2.64. The standard InChI is InChI=1S/C22H28N2O/c1-2-14-23-15-11-18(12-16-23)21(25)24-17-20-10-6-7-13-22(20,24)19-8-4-3-5-9-19/h1,3-5,8-9,18,20H,6-7,10-17H2. The molecule has 3 fully saturated rings. The Morgan fingerprint density at radius 1 is 1.16 bits per heavy atom. The van der Waals surface area contributed by atoms with Crippen molar-refractivity contribution in [1.29, 1.82) is 0 Å². The zero-order valence-corrected chi connectivity index (χ0v) is 15.0. The second-order valence-electron chi connectivity index (χ2n) is 7.94. The molecular weight excluding hydrogens is 308 g/mol. The van der Waals surface area contributed by atoms with Crippen LogP contribution in [0.4, 0.5) is 0 Å². The van der Waals surface area contributed by atoms with E-state index in [0.717, 1.165) is 38.9 Å². The molecule has 132 valence electrons. The van der Waals surface area contributed by atoms with Crippen molar-refractivity contribution in [2.45, 2.75) is 44.1 Å². The molecule has 0 N–H and O–H groups in total. The van der Waals surface area contributed by atoms with E-state index >= 15 is 0 Å². The van der Waals surface area contributed by atoms with Gasteiger partial charge in [-0.15, -0.1) is 6.42 Å². The first-order chi connectivity index (χ1) is 12.3. The molecule has 2 atom stereocenters. The molecule has 0 aromatic heterocycles. The topological polar surface area (TPSA) is 23.6 Å². The van der Waals surface area contributed by atoms with Crippen LogP contribution in [0.25, 0.3) is 0 Å². The summed E-state index contributed by atoms with van der Waals surface area (Å²) in [6, 6.07) is 10.8. The fraction of sp³-hybridized carbons (Fsp3) is 0.591. The highest BCUT2D eigenvalue weighted by Gasteiger charge is 2.57. The molecule has 3 aliphatic rings. The minimum absolute atomic E-state index is 0.0213. The summed E-state index contributed by atoms with van der Waals surface area (Å²) in [5.41, 5.74) is 1.33. The van der Waals surface area contributed by atoms with Gasteiger partial charge in [0.15, 0.2) is 0 Å². The molecule has 4 rings (SSSR count). The van der Waals surface area contributed by atoms with Crippen LogP contribution in [0.15, 0.2) is 30.3 Å². The second-order valence-corrected chi connectivity index (χ2v) is 7.94. The average molecular weight is 336 g/mol. The maximum atomic E-state index is 13.3. The lowest BCUT2D eigenvalue weighted by molar-refractivity contribution is -0.172. The molecule has 2 aliphatic heterocycles. The van der Waals surface area contributed by atoms with Crippen LogP contribution in [0, 0.1) is 24.2 Å². The SMILES string of the molecule is C#CCN1CCC(C(=O)N2CC3CCCCC32c2ccccc2)CC1. The lowest BCUT2D eigenvalue weighted by Crippen LogP contribution is -2.68. The molecule has 25 heavy (non-hydrogen) atoms. The summed E-state index contributed by atoms with van der Waals surface area (Å²) >= 11 is 0. The summed E-state index contributed by atoms with van der Waals surface area (Å²) in [4.78, 5) is 17.9. The van der Waals surface area contributed by atoms with E-state index in [2.05, 4.69) is 46.1 Å². The lowest BCUT2D eigenvalue weighted by atomic mass is 9.61. The summed E-state index contributed by atoms with van der Waals surface area (Å²) in [5.74, 6) is 3.94. The Morgan fingerprint density at radius 2 is 1.92 bits per heavy atom. The summed E-state index contributed by atoms with van der Waals surface area (Å²) < 4.78 is 0. The van der Waals surface area contributed by atoms with Crippen LogP contribution in [0.1, 0.15) is 44.1 Å². The maximum absolute atomic E-state index is 13.3. The predicted octanol–water partition coefficient (Wildman–Crippen LogP) is 3.26. The van der Waals surface area contributed by atoms with Gasteiger partial charge >= 0.3 is 0 Å². The first-order valence-electron chi connectivity index (χ1n) is 9.78. The van der Waals surface area contributed by atoms with Crippen LogP contribution in [-0.2, 0) is 10.3 Å². The first-order valence-corrected chi connectivity index (χ1v) is 9.78. The van der Waals surface area contributed by atoms with Gasteiger partial charge in [0, 0.05) is 18.4 Å². The number of hydrogen-bond donors (Lipinski definition) is 0. The normalized spacial score (nSPS) is 30.2. The van der Waals surface area contributed by atoms with E-state index in [0.29, 0.717) is 18.4 Å². The van der Waals surface area contributed by atoms with Crippen molar-refractivity contribution < 1.29 is 4.79 Å². The third-order valence-corrected chi connectivity index (χ3v) is 6.71. The van der Waals surface area contributed by atoms with Crippen LogP contribution in [0.2, 0.25) is 0 Å². The molecule has 0 spiro atoms. The fourth-order valence-corrected chi connectivity index (χ4v) is 5.33. The van der Waals surface area contributed by atoms with Gasteiger partial charge in [-0.1, -0.05) is 49.1 Å². The maximum Gasteiger partial charge on any atom is 0.226 e. The fourth-order valence-electron chi connectivity index (χ4n) is 5.33. The molecule has 0 radical (unpaired) electrons. The number of fused-ring (bicyclic) bond motifs is 1. The van der Waals surface area contributed by atoms with Crippen LogP contribution in [0.3, 0.4) is 0 Å². The van der Waals surface area contributed by atoms with Gasteiger partial charge in [-0.05, 0) is 44.3 Å². The van der Waals surface area contributed by atoms with Crippen molar-refractivity contribution in [3.63, 3.8) is 0 Å².